The number of ether oxygens (including phenoxy) is 3. The average molecular weight is 384 g/mol. The standard InChI is InChI=1S/C17H22BrNO4/c1-5-6-7-19(16(20)23-17(2,3)4)10-12-8-14-15(9-13(12)18)22-11-21-14/h5,8-9H,1,6-7,10-11H2,2-4H3. The second-order valence-corrected chi connectivity index (χ2v) is 7.13. The molecule has 0 atom stereocenters. The molecule has 1 aromatic rings. The van der Waals surface area contributed by atoms with E-state index in [0.29, 0.717) is 31.0 Å². The zero-order valence-electron chi connectivity index (χ0n) is 13.7. The van der Waals surface area contributed by atoms with Gasteiger partial charge in [0.25, 0.3) is 0 Å². The fourth-order valence-corrected chi connectivity index (χ4v) is 2.54. The van der Waals surface area contributed by atoms with Crippen molar-refractivity contribution in [3.05, 3.63) is 34.8 Å². The van der Waals surface area contributed by atoms with Crippen LogP contribution < -0.4 is 9.47 Å². The van der Waals surface area contributed by atoms with Gasteiger partial charge in [-0.05, 0) is 44.9 Å². The Balaban J connectivity index is 2.17. The zero-order chi connectivity index (χ0) is 17.0. The molecule has 0 radical (unpaired) electrons. The summed E-state index contributed by atoms with van der Waals surface area (Å²) in [6.07, 6.45) is 2.14. The molecule has 126 valence electrons. The molecule has 0 unspecified atom stereocenters. The zero-order valence-corrected chi connectivity index (χ0v) is 15.3. The third-order valence-electron chi connectivity index (χ3n) is 3.16. The van der Waals surface area contributed by atoms with Crippen molar-refractivity contribution >= 4 is 22.0 Å². The highest BCUT2D eigenvalue weighted by Crippen LogP contribution is 2.37. The van der Waals surface area contributed by atoms with Crippen LogP contribution in [0.5, 0.6) is 11.5 Å². The smallest absolute Gasteiger partial charge is 0.410 e. The highest BCUT2D eigenvalue weighted by molar-refractivity contribution is 9.10. The van der Waals surface area contributed by atoms with Gasteiger partial charge in [-0.1, -0.05) is 22.0 Å². The second-order valence-electron chi connectivity index (χ2n) is 6.28. The van der Waals surface area contributed by atoms with Gasteiger partial charge in [0.05, 0.1) is 6.54 Å². The van der Waals surface area contributed by atoms with E-state index in [1.807, 2.05) is 32.9 Å². The maximum absolute atomic E-state index is 12.4. The first kappa shape index (κ1) is 17.7. The third kappa shape index (κ3) is 4.89. The van der Waals surface area contributed by atoms with E-state index in [2.05, 4.69) is 22.5 Å². The van der Waals surface area contributed by atoms with Crippen LogP contribution in [0.15, 0.2) is 29.3 Å². The second kappa shape index (κ2) is 7.25. The lowest BCUT2D eigenvalue weighted by Gasteiger charge is -2.27. The Hall–Kier alpha value is -1.69. The summed E-state index contributed by atoms with van der Waals surface area (Å²) in [6, 6.07) is 3.75. The van der Waals surface area contributed by atoms with E-state index in [1.54, 1.807) is 11.0 Å². The molecule has 0 saturated heterocycles. The van der Waals surface area contributed by atoms with Crippen molar-refractivity contribution in [2.24, 2.45) is 0 Å². The molecule has 0 aromatic heterocycles. The quantitative estimate of drug-likeness (QED) is 0.702. The molecule has 1 aromatic carbocycles. The van der Waals surface area contributed by atoms with Gasteiger partial charge in [-0.2, -0.15) is 0 Å². The number of carbonyl (C=O) groups excluding carboxylic acids is 1. The molecule has 6 heteroatoms. The normalized spacial score (nSPS) is 12.9. The van der Waals surface area contributed by atoms with Gasteiger partial charge in [0, 0.05) is 11.0 Å². The lowest BCUT2D eigenvalue weighted by atomic mass is 10.2. The predicted octanol–water partition coefficient (Wildman–Crippen LogP) is 4.49. The summed E-state index contributed by atoms with van der Waals surface area (Å²) < 4.78 is 17.1. The summed E-state index contributed by atoms with van der Waals surface area (Å²) in [7, 11) is 0. The number of carbonyl (C=O) groups is 1. The van der Waals surface area contributed by atoms with Crippen molar-refractivity contribution in [3.63, 3.8) is 0 Å². The van der Waals surface area contributed by atoms with Gasteiger partial charge in [0.2, 0.25) is 6.79 Å². The van der Waals surface area contributed by atoms with E-state index >= 15 is 0 Å². The van der Waals surface area contributed by atoms with Gasteiger partial charge in [0.1, 0.15) is 5.60 Å². The van der Waals surface area contributed by atoms with Crippen molar-refractivity contribution in [2.45, 2.75) is 39.3 Å². The summed E-state index contributed by atoms with van der Waals surface area (Å²) in [6.45, 7) is 10.5. The van der Waals surface area contributed by atoms with E-state index in [1.165, 1.54) is 0 Å². The molecule has 23 heavy (non-hydrogen) atoms. The number of hydrogen-bond donors (Lipinski definition) is 0. The number of halogens is 1. The molecule has 1 aliphatic heterocycles. The minimum absolute atomic E-state index is 0.220. The largest absolute Gasteiger partial charge is 0.454 e. The van der Waals surface area contributed by atoms with Crippen molar-refractivity contribution in [1.29, 1.82) is 0 Å². The van der Waals surface area contributed by atoms with Crippen LogP contribution in [0.2, 0.25) is 0 Å². The summed E-state index contributed by atoms with van der Waals surface area (Å²) in [4.78, 5) is 14.1. The van der Waals surface area contributed by atoms with Gasteiger partial charge in [0.15, 0.2) is 11.5 Å². The fourth-order valence-electron chi connectivity index (χ4n) is 2.09. The van der Waals surface area contributed by atoms with Crippen molar-refractivity contribution < 1.29 is 19.0 Å². The van der Waals surface area contributed by atoms with Crippen LogP contribution in [-0.2, 0) is 11.3 Å². The Labute approximate surface area is 145 Å². The first-order valence-corrected chi connectivity index (χ1v) is 8.26. The van der Waals surface area contributed by atoms with Crippen LogP contribution in [-0.4, -0.2) is 29.9 Å². The molecule has 0 aliphatic carbocycles. The highest BCUT2D eigenvalue weighted by atomic mass is 79.9. The Kier molecular flexibility index (Phi) is 5.57. The van der Waals surface area contributed by atoms with Crippen LogP contribution in [0.25, 0.3) is 0 Å². The molecule has 1 aliphatic rings. The van der Waals surface area contributed by atoms with Gasteiger partial charge in [-0.3, -0.25) is 0 Å². The highest BCUT2D eigenvalue weighted by Gasteiger charge is 2.24. The molecule has 0 N–H and O–H groups in total. The summed E-state index contributed by atoms with van der Waals surface area (Å²) in [5.41, 5.74) is 0.402. The van der Waals surface area contributed by atoms with E-state index < -0.39 is 5.60 Å². The van der Waals surface area contributed by atoms with Crippen LogP contribution in [0.4, 0.5) is 4.79 Å². The monoisotopic (exact) mass is 383 g/mol. The Bertz CT molecular complexity index is 595. The van der Waals surface area contributed by atoms with Crippen molar-refractivity contribution in [2.75, 3.05) is 13.3 Å². The molecule has 5 nitrogen and oxygen atoms in total. The number of amides is 1. The van der Waals surface area contributed by atoms with Crippen molar-refractivity contribution in [3.8, 4) is 11.5 Å². The molecule has 1 amide bonds. The number of rotatable bonds is 5. The van der Waals surface area contributed by atoms with Gasteiger partial charge >= 0.3 is 6.09 Å². The minimum atomic E-state index is -0.532. The van der Waals surface area contributed by atoms with E-state index in [-0.39, 0.29) is 12.9 Å². The molecule has 2 rings (SSSR count). The maximum Gasteiger partial charge on any atom is 0.410 e. The van der Waals surface area contributed by atoms with E-state index in [0.717, 1.165) is 10.0 Å². The number of fused-ring (bicyclic) bond motifs is 1. The summed E-state index contributed by atoms with van der Waals surface area (Å²) in [5, 5.41) is 0. The lowest BCUT2D eigenvalue weighted by molar-refractivity contribution is 0.0236. The summed E-state index contributed by atoms with van der Waals surface area (Å²) in [5.74, 6) is 1.39. The Morgan fingerprint density at radius 3 is 2.65 bits per heavy atom. The fraction of sp³-hybridized carbons (Fsp3) is 0.471. The van der Waals surface area contributed by atoms with Crippen molar-refractivity contribution in [1.82, 2.24) is 4.90 Å². The van der Waals surface area contributed by atoms with Crippen LogP contribution in [0.3, 0.4) is 0 Å². The Morgan fingerprint density at radius 1 is 1.39 bits per heavy atom. The first-order valence-electron chi connectivity index (χ1n) is 7.47. The van der Waals surface area contributed by atoms with E-state index in [9.17, 15) is 4.79 Å². The van der Waals surface area contributed by atoms with Gasteiger partial charge in [-0.15, -0.1) is 6.58 Å². The van der Waals surface area contributed by atoms with Gasteiger partial charge < -0.3 is 19.1 Å². The maximum atomic E-state index is 12.4. The van der Waals surface area contributed by atoms with Crippen LogP contribution in [0, 0.1) is 0 Å². The van der Waals surface area contributed by atoms with Crippen LogP contribution in [0.1, 0.15) is 32.8 Å². The molecule has 0 spiro atoms. The summed E-state index contributed by atoms with van der Waals surface area (Å²) >= 11 is 3.52. The minimum Gasteiger partial charge on any atom is -0.454 e. The molecule has 0 bridgehead atoms. The Morgan fingerprint density at radius 2 is 2.04 bits per heavy atom. The lowest BCUT2D eigenvalue weighted by Crippen LogP contribution is -2.37. The first-order chi connectivity index (χ1) is 10.8. The number of hydrogen-bond acceptors (Lipinski definition) is 4. The molecule has 0 fully saturated rings. The number of benzene rings is 1. The molecular weight excluding hydrogens is 362 g/mol. The average Bonchev–Trinajstić information content (AvgIpc) is 2.88. The molecule has 1 heterocycles. The van der Waals surface area contributed by atoms with Gasteiger partial charge in [-0.25, -0.2) is 4.79 Å². The molecular formula is C17H22BrNO4. The molecule has 0 saturated carbocycles. The number of nitrogens with zero attached hydrogens (tertiary/aromatic N) is 1. The SMILES string of the molecule is C=CCCN(Cc1cc2c(cc1Br)OCO2)C(=O)OC(C)(C)C. The topological polar surface area (TPSA) is 48.0 Å². The van der Waals surface area contributed by atoms with Crippen LogP contribution >= 0.6 is 15.9 Å². The predicted molar refractivity (Wildman–Crippen MR) is 91.7 cm³/mol. The van der Waals surface area contributed by atoms with E-state index in [4.69, 9.17) is 14.2 Å². The third-order valence-corrected chi connectivity index (χ3v) is 3.90.